The first-order chi connectivity index (χ1) is 9.61. The molecule has 0 radical (unpaired) electrons. The summed E-state index contributed by atoms with van der Waals surface area (Å²) in [5, 5.41) is 8.69. The van der Waals surface area contributed by atoms with E-state index in [9.17, 15) is 4.79 Å². The molecule has 2 aromatic rings. The summed E-state index contributed by atoms with van der Waals surface area (Å²) in [7, 11) is 0. The maximum Gasteiger partial charge on any atom is 0.328 e. The van der Waals surface area contributed by atoms with E-state index in [2.05, 4.69) is 16.5 Å². The van der Waals surface area contributed by atoms with Gasteiger partial charge in [0.15, 0.2) is 0 Å². The van der Waals surface area contributed by atoms with E-state index in [-0.39, 0.29) is 0 Å². The Balaban J connectivity index is 2.42. The second kappa shape index (κ2) is 6.19. The van der Waals surface area contributed by atoms with Crippen molar-refractivity contribution in [2.75, 3.05) is 0 Å². The molecule has 0 saturated heterocycles. The predicted octanol–water partition coefficient (Wildman–Crippen LogP) is 3.23. The minimum absolute atomic E-state index is 0.865. The van der Waals surface area contributed by atoms with Gasteiger partial charge in [-0.25, -0.2) is 9.78 Å². The number of rotatable bonds is 5. The molecule has 0 amide bonds. The number of carboxylic acids is 1. The zero-order valence-electron chi connectivity index (χ0n) is 11.7. The molecule has 0 aliphatic heterocycles. The number of carboxylic acid groups (broad SMARTS) is 1. The summed E-state index contributed by atoms with van der Waals surface area (Å²) >= 11 is 0. The number of nitrogens with zero attached hydrogens (tertiary/aromatic N) is 2. The van der Waals surface area contributed by atoms with Gasteiger partial charge in [0.1, 0.15) is 5.82 Å². The third-order valence-corrected chi connectivity index (χ3v) is 3.10. The van der Waals surface area contributed by atoms with Crippen molar-refractivity contribution in [3.63, 3.8) is 0 Å². The molecule has 0 unspecified atom stereocenters. The van der Waals surface area contributed by atoms with E-state index < -0.39 is 5.97 Å². The van der Waals surface area contributed by atoms with Gasteiger partial charge < -0.3 is 9.67 Å². The summed E-state index contributed by atoms with van der Waals surface area (Å²) in [6, 6.07) is 5.89. The molecular weight excluding hydrogens is 252 g/mol. The van der Waals surface area contributed by atoms with Crippen LogP contribution in [0.1, 0.15) is 30.3 Å². The van der Waals surface area contributed by atoms with Crippen LogP contribution in [-0.2, 0) is 11.2 Å². The topological polar surface area (TPSA) is 55.1 Å². The third kappa shape index (κ3) is 3.15. The number of aromatic nitrogens is 2. The van der Waals surface area contributed by atoms with Crippen LogP contribution in [0.4, 0.5) is 0 Å². The lowest BCUT2D eigenvalue weighted by atomic mass is 10.1. The van der Waals surface area contributed by atoms with Crippen molar-refractivity contribution < 1.29 is 9.90 Å². The zero-order chi connectivity index (χ0) is 14.5. The zero-order valence-corrected chi connectivity index (χ0v) is 11.7. The van der Waals surface area contributed by atoms with Gasteiger partial charge in [-0.2, -0.15) is 0 Å². The molecule has 4 heteroatoms. The molecule has 2 rings (SSSR count). The van der Waals surface area contributed by atoms with Crippen LogP contribution in [0.2, 0.25) is 0 Å². The Morgan fingerprint density at radius 2 is 2.25 bits per heavy atom. The van der Waals surface area contributed by atoms with E-state index in [1.54, 1.807) is 12.3 Å². The van der Waals surface area contributed by atoms with Crippen LogP contribution in [0.25, 0.3) is 11.8 Å². The van der Waals surface area contributed by atoms with Crippen molar-refractivity contribution in [1.82, 2.24) is 9.55 Å². The average molecular weight is 270 g/mol. The minimum atomic E-state index is -0.943. The number of aliphatic carboxylic acids is 1. The van der Waals surface area contributed by atoms with E-state index in [1.165, 1.54) is 0 Å². The highest BCUT2D eigenvalue weighted by molar-refractivity contribution is 5.85. The molecule has 0 aliphatic carbocycles. The third-order valence-electron chi connectivity index (χ3n) is 3.10. The summed E-state index contributed by atoms with van der Waals surface area (Å²) < 4.78 is 2.07. The molecule has 1 aromatic carbocycles. The molecule has 20 heavy (non-hydrogen) atoms. The van der Waals surface area contributed by atoms with Gasteiger partial charge in [-0.3, -0.25) is 0 Å². The lowest BCUT2D eigenvalue weighted by Gasteiger charge is -2.11. The van der Waals surface area contributed by atoms with Gasteiger partial charge in [-0.15, -0.1) is 0 Å². The van der Waals surface area contributed by atoms with Gasteiger partial charge in [-0.1, -0.05) is 19.1 Å². The second-order valence-electron chi connectivity index (χ2n) is 4.68. The number of imidazole rings is 1. The van der Waals surface area contributed by atoms with E-state index >= 15 is 0 Å². The molecule has 104 valence electrons. The standard InChI is InChI=1S/C16H18N2O2/c1-3-4-15-17-9-10-18(15)14-11-13(6-5-12(14)2)7-8-16(19)20/h5-11H,3-4H2,1-2H3,(H,19,20)/b8-7+. The molecule has 4 nitrogen and oxygen atoms in total. The van der Waals surface area contributed by atoms with E-state index in [0.29, 0.717) is 0 Å². The van der Waals surface area contributed by atoms with Gasteiger partial charge in [-0.05, 0) is 36.6 Å². The van der Waals surface area contributed by atoms with Crippen molar-refractivity contribution >= 4 is 12.0 Å². The number of hydrogen-bond donors (Lipinski definition) is 1. The summed E-state index contributed by atoms with van der Waals surface area (Å²) in [5.41, 5.74) is 3.04. The van der Waals surface area contributed by atoms with E-state index in [1.807, 2.05) is 31.3 Å². The maximum atomic E-state index is 10.6. The van der Waals surface area contributed by atoms with Crippen molar-refractivity contribution in [3.8, 4) is 5.69 Å². The summed E-state index contributed by atoms with van der Waals surface area (Å²) in [6.45, 7) is 4.16. The summed E-state index contributed by atoms with van der Waals surface area (Å²) in [5.74, 6) is 0.0800. The number of hydrogen-bond acceptors (Lipinski definition) is 2. The van der Waals surface area contributed by atoms with Crippen LogP contribution in [0.15, 0.2) is 36.7 Å². The molecule has 0 atom stereocenters. The van der Waals surface area contributed by atoms with Crippen LogP contribution >= 0.6 is 0 Å². The average Bonchev–Trinajstić information content (AvgIpc) is 2.86. The summed E-state index contributed by atoms with van der Waals surface area (Å²) in [4.78, 5) is 15.0. The monoisotopic (exact) mass is 270 g/mol. The smallest absolute Gasteiger partial charge is 0.328 e. The summed E-state index contributed by atoms with van der Waals surface area (Å²) in [6.07, 6.45) is 8.44. The fourth-order valence-corrected chi connectivity index (χ4v) is 2.12. The van der Waals surface area contributed by atoms with Gasteiger partial charge in [0.05, 0.1) is 5.69 Å². The van der Waals surface area contributed by atoms with Crippen molar-refractivity contribution in [1.29, 1.82) is 0 Å². The quantitative estimate of drug-likeness (QED) is 0.849. The Hall–Kier alpha value is -2.36. The molecule has 0 bridgehead atoms. The van der Waals surface area contributed by atoms with Crippen LogP contribution < -0.4 is 0 Å². The SMILES string of the molecule is CCCc1nccn1-c1cc(/C=C/C(=O)O)ccc1C. The first-order valence-electron chi connectivity index (χ1n) is 6.66. The number of aryl methyl sites for hydroxylation is 2. The molecule has 0 saturated carbocycles. The van der Waals surface area contributed by atoms with Crippen LogP contribution in [0.5, 0.6) is 0 Å². The van der Waals surface area contributed by atoms with Crippen molar-refractivity contribution in [3.05, 3.63) is 53.6 Å². The molecular formula is C16H18N2O2. The van der Waals surface area contributed by atoms with E-state index in [0.717, 1.165) is 41.6 Å². The Morgan fingerprint density at radius 1 is 1.45 bits per heavy atom. The number of carbonyl (C=O) groups is 1. The van der Waals surface area contributed by atoms with Gasteiger partial charge >= 0.3 is 5.97 Å². The Kier molecular flexibility index (Phi) is 4.35. The molecule has 1 N–H and O–H groups in total. The molecule has 1 aromatic heterocycles. The molecule has 0 aliphatic rings. The fraction of sp³-hybridized carbons (Fsp3) is 0.250. The molecule has 1 heterocycles. The Bertz CT molecular complexity index is 642. The van der Waals surface area contributed by atoms with Gasteiger partial charge in [0.2, 0.25) is 0 Å². The molecule has 0 fully saturated rings. The second-order valence-corrected chi connectivity index (χ2v) is 4.68. The lowest BCUT2D eigenvalue weighted by Crippen LogP contribution is -2.02. The molecule has 0 spiro atoms. The Labute approximate surface area is 118 Å². The van der Waals surface area contributed by atoms with Crippen molar-refractivity contribution in [2.24, 2.45) is 0 Å². The van der Waals surface area contributed by atoms with Crippen LogP contribution in [0.3, 0.4) is 0 Å². The minimum Gasteiger partial charge on any atom is -0.478 e. The van der Waals surface area contributed by atoms with E-state index in [4.69, 9.17) is 5.11 Å². The van der Waals surface area contributed by atoms with Crippen LogP contribution in [0, 0.1) is 6.92 Å². The first-order valence-corrected chi connectivity index (χ1v) is 6.66. The number of benzene rings is 1. The largest absolute Gasteiger partial charge is 0.478 e. The first kappa shape index (κ1) is 14.1. The Morgan fingerprint density at radius 3 is 2.95 bits per heavy atom. The fourth-order valence-electron chi connectivity index (χ4n) is 2.12. The highest BCUT2D eigenvalue weighted by atomic mass is 16.4. The normalized spacial score (nSPS) is 11.1. The van der Waals surface area contributed by atoms with Crippen molar-refractivity contribution in [2.45, 2.75) is 26.7 Å². The lowest BCUT2D eigenvalue weighted by molar-refractivity contribution is -0.131. The van der Waals surface area contributed by atoms with Gasteiger partial charge in [0, 0.05) is 24.9 Å². The predicted molar refractivity (Wildman–Crippen MR) is 79.0 cm³/mol. The van der Waals surface area contributed by atoms with Crippen LogP contribution in [-0.4, -0.2) is 20.6 Å². The highest BCUT2D eigenvalue weighted by Gasteiger charge is 2.07. The highest BCUT2D eigenvalue weighted by Crippen LogP contribution is 2.19. The maximum absolute atomic E-state index is 10.6. The van der Waals surface area contributed by atoms with Gasteiger partial charge in [0.25, 0.3) is 0 Å².